The van der Waals surface area contributed by atoms with Crippen LogP contribution in [0.15, 0.2) is 23.0 Å². The molecule has 1 aliphatic heterocycles. The van der Waals surface area contributed by atoms with Gasteiger partial charge in [-0.15, -0.1) is 0 Å². The lowest BCUT2D eigenvalue weighted by Crippen LogP contribution is -2.37. The van der Waals surface area contributed by atoms with Crippen molar-refractivity contribution in [1.82, 2.24) is 0 Å². The van der Waals surface area contributed by atoms with Gasteiger partial charge in [-0.2, -0.15) is 0 Å². The second-order valence-electron chi connectivity index (χ2n) is 13.6. The summed E-state index contributed by atoms with van der Waals surface area (Å²) in [5, 5.41) is 10.3. The molecule has 0 aromatic heterocycles. The molecule has 0 bridgehead atoms. The Labute approximate surface area is 197 Å². The van der Waals surface area contributed by atoms with E-state index in [2.05, 4.69) is 54.5 Å². The normalized spacial score (nSPS) is 47.6. The van der Waals surface area contributed by atoms with Crippen molar-refractivity contribution >= 4 is 0 Å². The number of hydrogen-bond acceptors (Lipinski definition) is 2. The van der Waals surface area contributed by atoms with Gasteiger partial charge in [-0.25, -0.2) is 0 Å². The number of hydrogen-bond donors (Lipinski definition) is 1. The standard InChI is InChI=1S/C30H48O2/c1-18(2)20(4)30(7)17-26(30)19(3)24-10-11-25-23-9-8-21-16-22(31)12-13-28(21,5)27(23)32-15-14-29(24,25)6/h8,18-20,22,24-26,31H,9-17H2,1-7H3. The summed E-state index contributed by atoms with van der Waals surface area (Å²) >= 11 is 0. The van der Waals surface area contributed by atoms with Gasteiger partial charge in [-0.3, -0.25) is 0 Å². The van der Waals surface area contributed by atoms with Crippen LogP contribution in [0.3, 0.4) is 0 Å². The molecule has 9 atom stereocenters. The molecule has 3 saturated carbocycles. The lowest BCUT2D eigenvalue weighted by atomic mass is 9.60. The van der Waals surface area contributed by atoms with Gasteiger partial charge in [0, 0.05) is 5.41 Å². The number of ether oxygens (including phenoxy) is 1. The van der Waals surface area contributed by atoms with E-state index in [9.17, 15) is 5.11 Å². The van der Waals surface area contributed by atoms with Crippen molar-refractivity contribution < 1.29 is 9.84 Å². The van der Waals surface area contributed by atoms with Gasteiger partial charge in [0.1, 0.15) is 5.76 Å². The van der Waals surface area contributed by atoms with Crippen molar-refractivity contribution in [1.29, 1.82) is 0 Å². The molecule has 0 saturated heterocycles. The lowest BCUT2D eigenvalue weighted by molar-refractivity contribution is 0.0609. The lowest BCUT2D eigenvalue weighted by Gasteiger charge is -2.44. The molecule has 4 aliphatic carbocycles. The van der Waals surface area contributed by atoms with Crippen molar-refractivity contribution in [3.05, 3.63) is 23.0 Å². The maximum atomic E-state index is 10.3. The highest BCUT2D eigenvalue weighted by Gasteiger charge is 2.61. The minimum atomic E-state index is -0.162. The Balaban J connectivity index is 1.41. The van der Waals surface area contributed by atoms with Crippen molar-refractivity contribution in [2.45, 2.75) is 106 Å². The van der Waals surface area contributed by atoms with Gasteiger partial charge in [0.2, 0.25) is 0 Å². The first-order valence-corrected chi connectivity index (χ1v) is 13.8. The average molecular weight is 441 g/mol. The van der Waals surface area contributed by atoms with Gasteiger partial charge in [0.15, 0.2) is 0 Å². The van der Waals surface area contributed by atoms with Gasteiger partial charge in [-0.05, 0) is 110 Å². The molecular formula is C30H48O2. The van der Waals surface area contributed by atoms with Crippen LogP contribution in [-0.2, 0) is 4.74 Å². The Hall–Kier alpha value is -0.760. The summed E-state index contributed by atoms with van der Waals surface area (Å²) in [5.74, 6) is 6.13. The van der Waals surface area contributed by atoms with E-state index in [0.717, 1.165) is 61.9 Å². The highest BCUT2D eigenvalue weighted by Crippen LogP contribution is 2.68. The van der Waals surface area contributed by atoms with Gasteiger partial charge < -0.3 is 9.84 Å². The predicted molar refractivity (Wildman–Crippen MR) is 132 cm³/mol. The Kier molecular flexibility index (Phi) is 5.48. The number of aliphatic hydroxyl groups excluding tert-OH is 1. The van der Waals surface area contributed by atoms with Crippen molar-refractivity contribution in [2.75, 3.05) is 6.61 Å². The maximum Gasteiger partial charge on any atom is 0.106 e. The van der Waals surface area contributed by atoms with Crippen LogP contribution in [0.1, 0.15) is 99.8 Å². The van der Waals surface area contributed by atoms with E-state index in [1.165, 1.54) is 37.0 Å². The first-order chi connectivity index (χ1) is 15.0. The average Bonchev–Trinajstić information content (AvgIpc) is 3.37. The van der Waals surface area contributed by atoms with E-state index in [4.69, 9.17) is 4.74 Å². The molecular weight excluding hydrogens is 392 g/mol. The van der Waals surface area contributed by atoms with Crippen LogP contribution in [0.25, 0.3) is 0 Å². The molecule has 9 unspecified atom stereocenters. The number of aliphatic hydroxyl groups is 1. The van der Waals surface area contributed by atoms with Gasteiger partial charge in [0.05, 0.1) is 12.7 Å². The van der Waals surface area contributed by atoms with E-state index in [-0.39, 0.29) is 11.5 Å². The monoisotopic (exact) mass is 440 g/mol. The summed E-state index contributed by atoms with van der Waals surface area (Å²) in [6.45, 7) is 18.4. The molecule has 3 fully saturated rings. The van der Waals surface area contributed by atoms with Crippen LogP contribution in [-0.4, -0.2) is 17.8 Å². The zero-order valence-corrected chi connectivity index (χ0v) is 21.8. The Bertz CT molecular complexity index is 823. The Morgan fingerprint density at radius 2 is 1.75 bits per heavy atom. The third-order valence-corrected chi connectivity index (χ3v) is 11.9. The zero-order valence-electron chi connectivity index (χ0n) is 21.8. The minimum Gasteiger partial charge on any atom is -0.497 e. The largest absolute Gasteiger partial charge is 0.497 e. The quantitative estimate of drug-likeness (QED) is 0.458. The Morgan fingerprint density at radius 3 is 2.47 bits per heavy atom. The molecule has 0 spiro atoms. The first-order valence-electron chi connectivity index (χ1n) is 13.8. The maximum absolute atomic E-state index is 10.3. The summed E-state index contributed by atoms with van der Waals surface area (Å²) in [7, 11) is 0. The van der Waals surface area contributed by atoms with E-state index in [0.29, 0.717) is 16.7 Å². The van der Waals surface area contributed by atoms with Gasteiger partial charge >= 0.3 is 0 Å². The Morgan fingerprint density at radius 1 is 1.00 bits per heavy atom. The fraction of sp³-hybridized carbons (Fsp3) is 0.867. The third kappa shape index (κ3) is 3.21. The summed E-state index contributed by atoms with van der Waals surface area (Å²) in [6, 6.07) is 0. The molecule has 0 radical (unpaired) electrons. The summed E-state index contributed by atoms with van der Waals surface area (Å²) in [5.41, 5.74) is 4.03. The molecule has 5 rings (SSSR count). The van der Waals surface area contributed by atoms with Crippen LogP contribution in [0.2, 0.25) is 0 Å². The molecule has 0 aromatic rings. The second-order valence-corrected chi connectivity index (χ2v) is 13.6. The van der Waals surface area contributed by atoms with E-state index in [1.807, 2.05) is 0 Å². The zero-order chi connectivity index (χ0) is 23.1. The molecule has 1 heterocycles. The molecule has 2 nitrogen and oxygen atoms in total. The number of allylic oxidation sites excluding steroid dienone is 3. The molecule has 0 amide bonds. The first kappa shape index (κ1) is 23.0. The van der Waals surface area contributed by atoms with Crippen LogP contribution in [0.5, 0.6) is 0 Å². The van der Waals surface area contributed by atoms with E-state index in [1.54, 1.807) is 5.57 Å². The van der Waals surface area contributed by atoms with Crippen molar-refractivity contribution in [3.8, 4) is 0 Å². The summed E-state index contributed by atoms with van der Waals surface area (Å²) in [4.78, 5) is 0. The highest BCUT2D eigenvalue weighted by molar-refractivity contribution is 5.39. The molecule has 32 heavy (non-hydrogen) atoms. The van der Waals surface area contributed by atoms with E-state index < -0.39 is 0 Å². The highest BCUT2D eigenvalue weighted by atomic mass is 16.5. The minimum absolute atomic E-state index is 0.0313. The van der Waals surface area contributed by atoms with Gasteiger partial charge in [-0.1, -0.05) is 53.2 Å². The van der Waals surface area contributed by atoms with Crippen molar-refractivity contribution in [3.63, 3.8) is 0 Å². The summed E-state index contributed by atoms with van der Waals surface area (Å²) < 4.78 is 6.69. The van der Waals surface area contributed by atoms with Crippen LogP contribution >= 0.6 is 0 Å². The molecule has 1 N–H and O–H groups in total. The SMILES string of the molecule is CC(C)C(C)C1(C)CC1C(C)C1CCC2C3=C(OCCC21C)C1(C)CCC(O)CC1=CC3. The number of rotatable bonds is 4. The van der Waals surface area contributed by atoms with Crippen LogP contribution in [0.4, 0.5) is 0 Å². The van der Waals surface area contributed by atoms with Crippen LogP contribution in [0, 0.1) is 51.8 Å². The number of fused-ring (bicyclic) bond motifs is 4. The smallest absolute Gasteiger partial charge is 0.106 e. The molecule has 180 valence electrons. The summed E-state index contributed by atoms with van der Waals surface area (Å²) in [6.07, 6.45) is 11.5. The molecule has 0 aromatic carbocycles. The van der Waals surface area contributed by atoms with E-state index >= 15 is 0 Å². The fourth-order valence-electron chi connectivity index (χ4n) is 9.20. The molecule has 2 heteroatoms. The van der Waals surface area contributed by atoms with Gasteiger partial charge in [0.25, 0.3) is 0 Å². The third-order valence-electron chi connectivity index (χ3n) is 11.9. The van der Waals surface area contributed by atoms with Crippen LogP contribution < -0.4 is 0 Å². The van der Waals surface area contributed by atoms with Crippen molar-refractivity contribution in [2.24, 2.45) is 51.8 Å². The predicted octanol–water partition coefficient (Wildman–Crippen LogP) is 7.53. The topological polar surface area (TPSA) is 29.5 Å². The fourth-order valence-corrected chi connectivity index (χ4v) is 9.20. The molecule has 5 aliphatic rings. The second kappa shape index (κ2) is 7.62.